The molecule has 2 atom stereocenters. The van der Waals surface area contributed by atoms with Crippen molar-refractivity contribution in [2.24, 2.45) is 10.9 Å². The predicted molar refractivity (Wildman–Crippen MR) is 155 cm³/mol. The summed E-state index contributed by atoms with van der Waals surface area (Å²) in [7, 11) is 0. The molecule has 5 rings (SSSR count). The highest BCUT2D eigenvalue weighted by atomic mass is 16.6. The van der Waals surface area contributed by atoms with Crippen molar-refractivity contribution in [1.82, 2.24) is 15.1 Å². The van der Waals surface area contributed by atoms with Crippen LogP contribution in [0.5, 0.6) is 0 Å². The van der Waals surface area contributed by atoms with Gasteiger partial charge in [0.15, 0.2) is 0 Å². The largest absolute Gasteiger partial charge is 0.444 e. The molecule has 1 fully saturated rings. The molecule has 0 spiro atoms. The number of nitriles is 2. The molecule has 0 aliphatic carbocycles. The molecule has 1 aromatic heterocycles. The first-order valence-electron chi connectivity index (χ1n) is 13.5. The summed E-state index contributed by atoms with van der Waals surface area (Å²) in [6.07, 6.45) is -0.267. The molecule has 0 radical (unpaired) electrons. The molecular weight excluding hydrogens is 502 g/mol. The molecule has 3 heterocycles. The number of aliphatic imine (C=N–C) groups is 1. The molecule has 40 heavy (non-hydrogen) atoms. The lowest BCUT2D eigenvalue weighted by Gasteiger charge is -2.36. The van der Waals surface area contributed by atoms with Crippen molar-refractivity contribution in [2.45, 2.75) is 46.1 Å². The quantitative estimate of drug-likeness (QED) is 0.454. The van der Waals surface area contributed by atoms with Gasteiger partial charge in [0, 0.05) is 54.4 Å². The summed E-state index contributed by atoms with van der Waals surface area (Å²) in [6, 6.07) is 18.9. The van der Waals surface area contributed by atoms with Crippen LogP contribution in [0.3, 0.4) is 0 Å². The van der Waals surface area contributed by atoms with Gasteiger partial charge in [-0.15, -0.1) is 0 Å². The lowest BCUT2D eigenvalue weighted by Crippen LogP contribution is -2.50. The van der Waals surface area contributed by atoms with Crippen molar-refractivity contribution in [2.75, 3.05) is 31.1 Å². The first kappa shape index (κ1) is 27.0. The Bertz CT molecular complexity index is 1590. The number of nitrogens with one attached hydrogen (secondary N) is 1. The molecule has 204 valence electrons. The van der Waals surface area contributed by atoms with Crippen molar-refractivity contribution >= 4 is 28.4 Å². The number of benzene rings is 2. The Morgan fingerprint density at radius 1 is 1.05 bits per heavy atom. The van der Waals surface area contributed by atoms with Gasteiger partial charge in [-0.05, 0) is 64.4 Å². The maximum absolute atomic E-state index is 12.4. The van der Waals surface area contributed by atoms with Crippen LogP contribution < -0.4 is 4.90 Å². The van der Waals surface area contributed by atoms with Gasteiger partial charge in [-0.3, -0.25) is 10.1 Å². The Kier molecular flexibility index (Phi) is 7.08. The van der Waals surface area contributed by atoms with Gasteiger partial charge in [-0.1, -0.05) is 18.2 Å². The summed E-state index contributed by atoms with van der Waals surface area (Å²) in [5.41, 5.74) is 6.04. The minimum absolute atomic E-state index is 0.267. The van der Waals surface area contributed by atoms with E-state index in [1.54, 1.807) is 4.90 Å². The average molecular weight is 536 g/mol. The third-order valence-electron chi connectivity index (χ3n) is 7.47. The zero-order chi connectivity index (χ0) is 28.6. The maximum Gasteiger partial charge on any atom is 0.410 e. The smallest absolute Gasteiger partial charge is 0.410 e. The van der Waals surface area contributed by atoms with Crippen LogP contribution in [-0.2, 0) is 4.74 Å². The van der Waals surface area contributed by atoms with Crippen LogP contribution in [0.2, 0.25) is 0 Å². The molecule has 2 unspecified atom stereocenters. The second-order valence-electron chi connectivity index (χ2n) is 11.3. The number of rotatable bonds is 3. The maximum atomic E-state index is 12.4. The van der Waals surface area contributed by atoms with E-state index >= 15 is 0 Å². The number of piperazine rings is 1. The monoisotopic (exact) mass is 535 g/mol. The summed E-state index contributed by atoms with van der Waals surface area (Å²) in [5.74, 6) is -0.873. The van der Waals surface area contributed by atoms with E-state index in [-0.39, 0.29) is 12.0 Å². The first-order valence-corrected chi connectivity index (χ1v) is 13.5. The number of amides is 1. The summed E-state index contributed by atoms with van der Waals surface area (Å²) in [6.45, 7) is 12.0. The lowest BCUT2D eigenvalue weighted by molar-refractivity contribution is 0.0240. The summed E-state index contributed by atoms with van der Waals surface area (Å²) in [4.78, 5) is 20.9. The molecule has 9 heteroatoms. The molecular formula is C31H33N7O2. The summed E-state index contributed by atoms with van der Waals surface area (Å²) < 4.78 is 5.51. The Morgan fingerprint density at radius 3 is 2.38 bits per heavy atom. The van der Waals surface area contributed by atoms with Gasteiger partial charge in [0.1, 0.15) is 5.60 Å². The number of fused-ring (bicyclic) bond motifs is 1. The molecule has 1 saturated heterocycles. The number of hydrogen-bond donors (Lipinski definition) is 1. The van der Waals surface area contributed by atoms with Crippen molar-refractivity contribution in [3.05, 3.63) is 59.3 Å². The highest BCUT2D eigenvalue weighted by molar-refractivity contribution is 5.95. The molecule has 1 N–H and O–H groups in total. The number of nitrogens with zero attached hydrogens (tertiary/aromatic N) is 6. The lowest BCUT2D eigenvalue weighted by atomic mass is 9.76. The molecule has 0 saturated carbocycles. The van der Waals surface area contributed by atoms with Crippen molar-refractivity contribution in [3.8, 4) is 23.4 Å². The SMILES string of the molecule is CC1=NC(C)=C(C#N)C(c2ccc3[nH]nc(-c4ccc(N5CCN(C(=O)OC(C)(C)C)CC5)cc4)c3c2)C1C#N. The molecule has 2 aliphatic heterocycles. The number of allylic oxidation sites excluding steroid dienone is 2. The van der Waals surface area contributed by atoms with E-state index < -0.39 is 11.5 Å². The second kappa shape index (κ2) is 10.5. The van der Waals surface area contributed by atoms with Crippen LogP contribution >= 0.6 is 0 Å². The second-order valence-corrected chi connectivity index (χ2v) is 11.3. The Balaban J connectivity index is 1.37. The zero-order valence-electron chi connectivity index (χ0n) is 23.5. The van der Waals surface area contributed by atoms with E-state index in [9.17, 15) is 15.3 Å². The van der Waals surface area contributed by atoms with Crippen LogP contribution in [0.1, 0.15) is 46.1 Å². The number of hydrogen-bond acceptors (Lipinski definition) is 7. The third-order valence-corrected chi connectivity index (χ3v) is 7.47. The molecule has 2 aromatic carbocycles. The van der Waals surface area contributed by atoms with Crippen LogP contribution in [-0.4, -0.2) is 58.7 Å². The minimum atomic E-state index is -0.504. The van der Waals surface area contributed by atoms with Gasteiger partial charge in [0.2, 0.25) is 0 Å². The zero-order valence-corrected chi connectivity index (χ0v) is 23.5. The molecule has 0 bridgehead atoms. The summed E-state index contributed by atoms with van der Waals surface area (Å²) in [5, 5.41) is 28.4. The van der Waals surface area contributed by atoms with Gasteiger partial charge in [0.25, 0.3) is 0 Å². The predicted octanol–water partition coefficient (Wildman–Crippen LogP) is 5.78. The standard InChI is InChI=1S/C31H33N7O2/c1-19-25(17-32)28(26(18-33)20(2)34-19)22-8-11-27-24(16-22)29(36-35-27)21-6-9-23(10-7-21)37-12-14-38(15-13-37)30(39)40-31(3,4)5/h6-11,16,25,28H,12-15H2,1-5H3,(H,35,36). The number of aromatic amines is 1. The van der Waals surface area contributed by atoms with Crippen LogP contribution in [0.25, 0.3) is 22.2 Å². The fourth-order valence-corrected chi connectivity index (χ4v) is 5.45. The van der Waals surface area contributed by atoms with Crippen molar-refractivity contribution in [1.29, 1.82) is 10.5 Å². The van der Waals surface area contributed by atoms with E-state index in [0.29, 0.717) is 24.4 Å². The number of carbonyl (C=O) groups excluding carboxylic acids is 1. The number of aromatic nitrogens is 2. The number of H-pyrrole nitrogens is 1. The highest BCUT2D eigenvalue weighted by Crippen LogP contribution is 2.40. The topological polar surface area (TPSA) is 121 Å². The van der Waals surface area contributed by atoms with Crippen LogP contribution in [0, 0.1) is 28.6 Å². The Morgan fingerprint density at radius 2 is 1.75 bits per heavy atom. The molecule has 3 aromatic rings. The van der Waals surface area contributed by atoms with Crippen molar-refractivity contribution < 1.29 is 9.53 Å². The van der Waals surface area contributed by atoms with Gasteiger partial charge >= 0.3 is 6.09 Å². The number of ether oxygens (including phenoxy) is 1. The number of anilines is 1. The number of carbonyl (C=O) groups is 1. The van der Waals surface area contributed by atoms with Gasteiger partial charge in [-0.25, -0.2) is 4.79 Å². The third kappa shape index (κ3) is 5.15. The normalized spacial score (nSPS) is 19.7. The fraction of sp³-hybridized carbons (Fsp3) is 0.387. The van der Waals surface area contributed by atoms with Crippen LogP contribution in [0.4, 0.5) is 10.5 Å². The minimum Gasteiger partial charge on any atom is -0.444 e. The fourth-order valence-electron chi connectivity index (χ4n) is 5.45. The van der Waals surface area contributed by atoms with Gasteiger partial charge in [-0.2, -0.15) is 15.6 Å². The Labute approximate surface area is 234 Å². The van der Waals surface area contributed by atoms with E-state index in [0.717, 1.165) is 52.2 Å². The summed E-state index contributed by atoms with van der Waals surface area (Å²) >= 11 is 0. The molecule has 1 amide bonds. The molecule has 2 aliphatic rings. The van der Waals surface area contributed by atoms with E-state index in [2.05, 4.69) is 56.5 Å². The average Bonchev–Trinajstić information content (AvgIpc) is 3.35. The van der Waals surface area contributed by atoms with Gasteiger partial charge in [0.05, 0.1) is 40.5 Å². The van der Waals surface area contributed by atoms with Crippen LogP contribution in [0.15, 0.2) is 58.7 Å². The highest BCUT2D eigenvalue weighted by Gasteiger charge is 2.34. The van der Waals surface area contributed by atoms with Gasteiger partial charge < -0.3 is 14.5 Å². The first-order chi connectivity index (χ1) is 19.1. The van der Waals surface area contributed by atoms with E-state index in [1.807, 2.05) is 52.8 Å². The van der Waals surface area contributed by atoms with E-state index in [4.69, 9.17) is 4.74 Å². The Hall–Kier alpha value is -4.63. The van der Waals surface area contributed by atoms with Crippen molar-refractivity contribution in [3.63, 3.8) is 0 Å². The van der Waals surface area contributed by atoms with E-state index in [1.165, 1.54) is 0 Å². The molecule has 9 nitrogen and oxygen atoms in total.